The molecule has 0 aliphatic heterocycles. The van der Waals surface area contributed by atoms with Crippen LogP contribution in [-0.2, 0) is 16.1 Å². The van der Waals surface area contributed by atoms with Gasteiger partial charge in [0.1, 0.15) is 0 Å². The number of imide groups is 1. The van der Waals surface area contributed by atoms with Crippen molar-refractivity contribution in [2.24, 2.45) is 0 Å². The Hall–Kier alpha value is -2.61. The predicted octanol–water partition coefficient (Wildman–Crippen LogP) is 3.67. The van der Waals surface area contributed by atoms with Crippen molar-refractivity contribution >= 4 is 46.7 Å². The lowest BCUT2D eigenvalue weighted by molar-refractivity contribution is -0.122. The number of benzene rings is 2. The molecule has 4 amide bonds. The van der Waals surface area contributed by atoms with Crippen LogP contribution >= 0.6 is 23.2 Å². The minimum Gasteiger partial charge on any atom is -0.334 e. The van der Waals surface area contributed by atoms with E-state index < -0.39 is 11.9 Å². The Kier molecular flexibility index (Phi) is 9.60. The first-order valence-corrected chi connectivity index (χ1v) is 10.2. The molecule has 7 nitrogen and oxygen atoms in total. The Bertz CT molecular complexity index is 878. The van der Waals surface area contributed by atoms with Crippen LogP contribution in [0.2, 0.25) is 10.0 Å². The number of carbonyl (C=O) groups excluding carboxylic acids is 3. The van der Waals surface area contributed by atoms with E-state index in [0.29, 0.717) is 28.8 Å². The second-order valence-corrected chi connectivity index (χ2v) is 7.44. The molecule has 0 aliphatic rings. The van der Waals surface area contributed by atoms with Gasteiger partial charge in [-0.05, 0) is 36.7 Å². The summed E-state index contributed by atoms with van der Waals surface area (Å²) in [6, 6.07) is 13.5. The van der Waals surface area contributed by atoms with E-state index in [1.807, 2.05) is 37.3 Å². The van der Waals surface area contributed by atoms with Crippen LogP contribution in [0, 0.1) is 0 Å². The molecule has 2 aromatic carbocycles. The van der Waals surface area contributed by atoms with Crippen LogP contribution in [0.3, 0.4) is 0 Å². The van der Waals surface area contributed by atoms with Gasteiger partial charge in [-0.2, -0.15) is 0 Å². The number of halogens is 2. The van der Waals surface area contributed by atoms with Crippen molar-refractivity contribution < 1.29 is 14.4 Å². The first-order chi connectivity index (χ1) is 14.4. The lowest BCUT2D eigenvalue weighted by atomic mass is 10.2. The maximum absolute atomic E-state index is 12.3. The zero-order valence-corrected chi connectivity index (χ0v) is 18.1. The number of urea groups is 1. The van der Waals surface area contributed by atoms with E-state index in [4.69, 9.17) is 23.2 Å². The SMILES string of the molecule is CCCN(CC(=O)NC(=O)NCc1ccccc1)CC(=O)Nc1ccc(Cl)cc1Cl. The summed E-state index contributed by atoms with van der Waals surface area (Å²) in [5, 5.41) is 8.39. The second kappa shape index (κ2) is 12.2. The van der Waals surface area contributed by atoms with Crippen LogP contribution in [0.1, 0.15) is 18.9 Å². The number of carbonyl (C=O) groups is 3. The molecule has 0 spiro atoms. The molecule has 9 heteroatoms. The van der Waals surface area contributed by atoms with Crippen LogP contribution in [0.25, 0.3) is 0 Å². The van der Waals surface area contributed by atoms with Gasteiger partial charge in [0.05, 0.1) is 23.8 Å². The summed E-state index contributed by atoms with van der Waals surface area (Å²) in [5.41, 5.74) is 1.36. The van der Waals surface area contributed by atoms with Crippen molar-refractivity contribution in [1.29, 1.82) is 0 Å². The fourth-order valence-corrected chi connectivity index (χ4v) is 3.16. The Labute approximate surface area is 185 Å². The first kappa shape index (κ1) is 23.7. The van der Waals surface area contributed by atoms with Crippen LogP contribution in [0.4, 0.5) is 10.5 Å². The van der Waals surface area contributed by atoms with Crippen molar-refractivity contribution in [3.8, 4) is 0 Å². The molecule has 0 unspecified atom stereocenters. The van der Waals surface area contributed by atoms with E-state index in [0.717, 1.165) is 12.0 Å². The zero-order valence-electron chi connectivity index (χ0n) is 16.6. The maximum atomic E-state index is 12.3. The quantitative estimate of drug-likeness (QED) is 0.543. The highest BCUT2D eigenvalue weighted by molar-refractivity contribution is 6.36. The number of nitrogens with zero attached hydrogens (tertiary/aromatic N) is 1. The van der Waals surface area contributed by atoms with Crippen LogP contribution in [0.5, 0.6) is 0 Å². The summed E-state index contributed by atoms with van der Waals surface area (Å²) in [7, 11) is 0. The number of rotatable bonds is 9. The molecule has 2 aromatic rings. The third-order valence-electron chi connectivity index (χ3n) is 4.03. The Balaban J connectivity index is 1.82. The number of anilines is 1. The minimum atomic E-state index is -0.585. The van der Waals surface area contributed by atoms with E-state index >= 15 is 0 Å². The molecule has 0 atom stereocenters. The first-order valence-electron chi connectivity index (χ1n) is 9.46. The van der Waals surface area contributed by atoms with Crippen molar-refractivity contribution in [2.45, 2.75) is 19.9 Å². The highest BCUT2D eigenvalue weighted by Crippen LogP contribution is 2.25. The normalized spacial score (nSPS) is 10.5. The average molecular weight is 451 g/mol. The summed E-state index contributed by atoms with van der Waals surface area (Å²) >= 11 is 11.9. The number of nitrogens with one attached hydrogen (secondary N) is 3. The topological polar surface area (TPSA) is 90.5 Å². The van der Waals surface area contributed by atoms with Crippen molar-refractivity contribution in [3.05, 3.63) is 64.1 Å². The fourth-order valence-electron chi connectivity index (χ4n) is 2.71. The predicted molar refractivity (Wildman–Crippen MR) is 119 cm³/mol. The third-order valence-corrected chi connectivity index (χ3v) is 4.58. The Morgan fingerprint density at radius 3 is 2.33 bits per heavy atom. The van der Waals surface area contributed by atoms with Gasteiger partial charge >= 0.3 is 6.03 Å². The molecular weight excluding hydrogens is 427 g/mol. The van der Waals surface area contributed by atoms with Gasteiger partial charge in [-0.15, -0.1) is 0 Å². The zero-order chi connectivity index (χ0) is 21.9. The number of hydrogen-bond donors (Lipinski definition) is 3. The third kappa shape index (κ3) is 8.41. The molecule has 30 heavy (non-hydrogen) atoms. The molecule has 2 rings (SSSR count). The molecule has 0 bridgehead atoms. The van der Waals surface area contributed by atoms with E-state index in [2.05, 4.69) is 16.0 Å². The summed E-state index contributed by atoms with van der Waals surface area (Å²) in [6.07, 6.45) is 0.739. The monoisotopic (exact) mass is 450 g/mol. The van der Waals surface area contributed by atoms with Crippen LogP contribution < -0.4 is 16.0 Å². The number of amides is 4. The molecule has 0 heterocycles. The van der Waals surface area contributed by atoms with Crippen molar-refractivity contribution in [3.63, 3.8) is 0 Å². The summed E-state index contributed by atoms with van der Waals surface area (Å²) in [4.78, 5) is 38.1. The second-order valence-electron chi connectivity index (χ2n) is 6.60. The van der Waals surface area contributed by atoms with Gasteiger partial charge in [-0.25, -0.2) is 4.79 Å². The van der Waals surface area contributed by atoms with E-state index in [1.165, 1.54) is 6.07 Å². The highest BCUT2D eigenvalue weighted by atomic mass is 35.5. The lowest BCUT2D eigenvalue weighted by Crippen LogP contribution is -2.46. The molecule has 0 fully saturated rings. The van der Waals surface area contributed by atoms with E-state index in [9.17, 15) is 14.4 Å². The largest absolute Gasteiger partial charge is 0.334 e. The van der Waals surface area contributed by atoms with Gasteiger partial charge in [0.2, 0.25) is 11.8 Å². The van der Waals surface area contributed by atoms with Crippen LogP contribution in [-0.4, -0.2) is 42.4 Å². The highest BCUT2D eigenvalue weighted by Gasteiger charge is 2.16. The Morgan fingerprint density at radius 1 is 0.967 bits per heavy atom. The molecular formula is C21H24Cl2N4O3. The minimum absolute atomic E-state index is 0.0220. The van der Waals surface area contributed by atoms with E-state index in [1.54, 1.807) is 17.0 Å². The smallest absolute Gasteiger partial charge is 0.321 e. The van der Waals surface area contributed by atoms with Gasteiger partial charge in [0.25, 0.3) is 0 Å². The summed E-state index contributed by atoms with van der Waals surface area (Å²) in [5.74, 6) is -0.819. The maximum Gasteiger partial charge on any atom is 0.321 e. The average Bonchev–Trinajstić information content (AvgIpc) is 2.69. The molecule has 0 aliphatic carbocycles. The van der Waals surface area contributed by atoms with Gasteiger partial charge < -0.3 is 10.6 Å². The number of hydrogen-bond acceptors (Lipinski definition) is 4. The molecule has 0 aromatic heterocycles. The molecule has 160 valence electrons. The van der Waals surface area contributed by atoms with E-state index in [-0.39, 0.29) is 19.0 Å². The summed E-state index contributed by atoms with van der Waals surface area (Å²) < 4.78 is 0. The van der Waals surface area contributed by atoms with Crippen LogP contribution in [0.15, 0.2) is 48.5 Å². The van der Waals surface area contributed by atoms with Gasteiger partial charge in [0, 0.05) is 11.6 Å². The van der Waals surface area contributed by atoms with Crippen molar-refractivity contribution in [2.75, 3.05) is 25.0 Å². The molecule has 0 saturated carbocycles. The molecule has 0 saturated heterocycles. The molecule has 3 N–H and O–H groups in total. The fraction of sp³-hybridized carbons (Fsp3) is 0.286. The Morgan fingerprint density at radius 2 is 1.67 bits per heavy atom. The van der Waals surface area contributed by atoms with Gasteiger partial charge in [-0.1, -0.05) is 60.5 Å². The van der Waals surface area contributed by atoms with Crippen molar-refractivity contribution in [1.82, 2.24) is 15.5 Å². The van der Waals surface area contributed by atoms with Gasteiger partial charge in [-0.3, -0.25) is 19.8 Å². The standard InChI is InChI=1S/C21H24Cl2N4O3/c1-2-10-27(13-19(28)25-18-9-8-16(22)11-17(18)23)14-20(29)26-21(30)24-12-15-6-4-3-5-7-15/h3-9,11H,2,10,12-14H2,1H3,(H,25,28)(H2,24,26,29,30). The summed E-state index contributed by atoms with van der Waals surface area (Å²) in [6.45, 7) is 2.65. The van der Waals surface area contributed by atoms with Gasteiger partial charge in [0.15, 0.2) is 0 Å². The molecule has 0 radical (unpaired) electrons. The lowest BCUT2D eigenvalue weighted by Gasteiger charge is -2.20.